The lowest BCUT2D eigenvalue weighted by Gasteiger charge is -2.16. The molecular weight excluding hydrogens is 208 g/mol. The highest BCUT2D eigenvalue weighted by molar-refractivity contribution is 5.45. The number of rotatable bonds is 4. The summed E-state index contributed by atoms with van der Waals surface area (Å²) < 4.78 is 0. The molecule has 0 bridgehead atoms. The Morgan fingerprint density at radius 3 is 2.41 bits per heavy atom. The van der Waals surface area contributed by atoms with Crippen LogP contribution in [-0.4, -0.2) is 20.1 Å². The molecule has 2 unspecified atom stereocenters. The second-order valence-corrected chi connectivity index (χ2v) is 5.45. The van der Waals surface area contributed by atoms with Crippen molar-refractivity contribution in [3.8, 4) is 0 Å². The van der Waals surface area contributed by atoms with Crippen LogP contribution in [0.15, 0.2) is 24.3 Å². The molecule has 0 amide bonds. The van der Waals surface area contributed by atoms with Gasteiger partial charge in [0.25, 0.3) is 0 Å². The first-order valence-electron chi connectivity index (χ1n) is 6.68. The number of anilines is 1. The van der Waals surface area contributed by atoms with Gasteiger partial charge in [-0.2, -0.15) is 0 Å². The summed E-state index contributed by atoms with van der Waals surface area (Å²) >= 11 is 0. The minimum atomic E-state index is 0.455. The van der Waals surface area contributed by atoms with Crippen molar-refractivity contribution < 1.29 is 0 Å². The highest BCUT2D eigenvalue weighted by atomic mass is 15.1. The summed E-state index contributed by atoms with van der Waals surface area (Å²) in [6.07, 6.45) is 6.31. The van der Waals surface area contributed by atoms with E-state index in [4.69, 9.17) is 5.73 Å². The predicted octanol–water partition coefficient (Wildman–Crippen LogP) is 2.81. The van der Waals surface area contributed by atoms with Crippen molar-refractivity contribution in [2.45, 2.75) is 38.1 Å². The quantitative estimate of drug-likeness (QED) is 0.865. The molecule has 1 saturated carbocycles. The zero-order chi connectivity index (χ0) is 12.3. The topological polar surface area (TPSA) is 29.3 Å². The average molecular weight is 232 g/mol. The van der Waals surface area contributed by atoms with Gasteiger partial charge in [0.15, 0.2) is 0 Å². The minimum absolute atomic E-state index is 0.455. The lowest BCUT2D eigenvalue weighted by atomic mass is 9.95. The number of aryl methyl sites for hydroxylation is 1. The van der Waals surface area contributed by atoms with Crippen LogP contribution in [0, 0.1) is 5.92 Å². The molecule has 2 heteroatoms. The van der Waals surface area contributed by atoms with E-state index in [1.165, 1.54) is 43.4 Å². The van der Waals surface area contributed by atoms with Crippen molar-refractivity contribution in [3.63, 3.8) is 0 Å². The first kappa shape index (κ1) is 12.4. The van der Waals surface area contributed by atoms with Gasteiger partial charge in [0.1, 0.15) is 0 Å². The van der Waals surface area contributed by atoms with E-state index in [0.717, 1.165) is 5.92 Å². The molecule has 0 saturated heterocycles. The maximum atomic E-state index is 6.10. The van der Waals surface area contributed by atoms with Gasteiger partial charge in [0.05, 0.1) is 0 Å². The van der Waals surface area contributed by atoms with E-state index in [0.29, 0.717) is 6.04 Å². The van der Waals surface area contributed by atoms with Gasteiger partial charge < -0.3 is 10.6 Å². The van der Waals surface area contributed by atoms with Gasteiger partial charge in [-0.05, 0) is 49.3 Å². The van der Waals surface area contributed by atoms with Crippen molar-refractivity contribution in [1.29, 1.82) is 0 Å². The monoisotopic (exact) mass is 232 g/mol. The fraction of sp³-hybridized carbons (Fsp3) is 0.600. The summed E-state index contributed by atoms with van der Waals surface area (Å²) in [6.45, 7) is 0. The third-order valence-corrected chi connectivity index (χ3v) is 3.97. The number of hydrogen-bond donors (Lipinski definition) is 1. The second kappa shape index (κ2) is 5.54. The van der Waals surface area contributed by atoms with E-state index in [1.807, 2.05) is 0 Å². The average Bonchev–Trinajstić information content (AvgIpc) is 2.73. The summed E-state index contributed by atoms with van der Waals surface area (Å²) in [5.74, 6) is 0.753. The number of hydrogen-bond acceptors (Lipinski definition) is 2. The minimum Gasteiger partial charge on any atom is -0.378 e. The summed E-state index contributed by atoms with van der Waals surface area (Å²) in [6, 6.07) is 9.34. The molecule has 2 atom stereocenters. The highest BCUT2D eigenvalue weighted by Gasteiger charge is 2.23. The largest absolute Gasteiger partial charge is 0.378 e. The molecule has 0 aliphatic heterocycles. The van der Waals surface area contributed by atoms with Crippen LogP contribution in [0.1, 0.15) is 31.2 Å². The third-order valence-electron chi connectivity index (χ3n) is 3.97. The van der Waals surface area contributed by atoms with Crippen molar-refractivity contribution in [2.24, 2.45) is 11.7 Å². The maximum Gasteiger partial charge on any atom is 0.0361 e. The molecule has 2 nitrogen and oxygen atoms in total. The normalized spacial score (nSPS) is 23.9. The van der Waals surface area contributed by atoms with Crippen molar-refractivity contribution in [3.05, 3.63) is 29.8 Å². The van der Waals surface area contributed by atoms with Crippen LogP contribution in [-0.2, 0) is 6.42 Å². The molecule has 1 aromatic carbocycles. The van der Waals surface area contributed by atoms with Crippen LogP contribution in [0.2, 0.25) is 0 Å². The van der Waals surface area contributed by atoms with Gasteiger partial charge in [-0.3, -0.25) is 0 Å². The standard InChI is InChI=1S/C15H24N2/c1-17(2)14-10-7-12(8-11-14)6-9-13-4-3-5-15(13)16/h7-8,10-11,13,15H,3-6,9,16H2,1-2H3. The Morgan fingerprint density at radius 1 is 1.18 bits per heavy atom. The summed E-state index contributed by atoms with van der Waals surface area (Å²) in [4.78, 5) is 2.14. The Bertz CT molecular complexity index is 342. The first-order valence-corrected chi connectivity index (χ1v) is 6.68. The molecule has 0 heterocycles. The van der Waals surface area contributed by atoms with Gasteiger partial charge in [0, 0.05) is 25.8 Å². The van der Waals surface area contributed by atoms with E-state index in [1.54, 1.807) is 0 Å². The second-order valence-electron chi connectivity index (χ2n) is 5.45. The number of benzene rings is 1. The SMILES string of the molecule is CN(C)c1ccc(CCC2CCCC2N)cc1. The summed E-state index contributed by atoms with van der Waals surface area (Å²) in [5.41, 5.74) is 8.81. The fourth-order valence-corrected chi connectivity index (χ4v) is 2.74. The van der Waals surface area contributed by atoms with Gasteiger partial charge in [-0.15, -0.1) is 0 Å². The Hall–Kier alpha value is -1.02. The van der Waals surface area contributed by atoms with Crippen LogP contribution in [0.5, 0.6) is 0 Å². The third kappa shape index (κ3) is 3.22. The molecular formula is C15H24N2. The molecule has 0 radical (unpaired) electrons. The first-order chi connectivity index (χ1) is 8.16. The zero-order valence-corrected chi connectivity index (χ0v) is 11.0. The molecule has 1 aliphatic rings. The lowest BCUT2D eigenvalue weighted by Crippen LogP contribution is -2.24. The smallest absolute Gasteiger partial charge is 0.0361 e. The van der Waals surface area contributed by atoms with Gasteiger partial charge in [0.2, 0.25) is 0 Å². The molecule has 17 heavy (non-hydrogen) atoms. The molecule has 0 aromatic heterocycles. The summed E-state index contributed by atoms with van der Waals surface area (Å²) in [7, 11) is 4.15. The Morgan fingerprint density at radius 2 is 1.88 bits per heavy atom. The van der Waals surface area contributed by atoms with E-state index in [-0.39, 0.29) is 0 Å². The predicted molar refractivity (Wildman–Crippen MR) is 74.4 cm³/mol. The number of nitrogens with two attached hydrogens (primary N) is 1. The molecule has 1 fully saturated rings. The van der Waals surface area contributed by atoms with Crippen LogP contribution in [0.3, 0.4) is 0 Å². The van der Waals surface area contributed by atoms with Gasteiger partial charge >= 0.3 is 0 Å². The van der Waals surface area contributed by atoms with E-state index < -0.39 is 0 Å². The van der Waals surface area contributed by atoms with Crippen molar-refractivity contribution in [1.82, 2.24) is 0 Å². The number of nitrogens with zero attached hydrogens (tertiary/aromatic N) is 1. The van der Waals surface area contributed by atoms with Crippen molar-refractivity contribution >= 4 is 5.69 Å². The molecule has 2 rings (SSSR count). The Labute approximate surface area is 105 Å². The lowest BCUT2D eigenvalue weighted by molar-refractivity contribution is 0.447. The van der Waals surface area contributed by atoms with E-state index in [2.05, 4.69) is 43.3 Å². The molecule has 1 aliphatic carbocycles. The van der Waals surface area contributed by atoms with Crippen molar-refractivity contribution in [2.75, 3.05) is 19.0 Å². The fourth-order valence-electron chi connectivity index (χ4n) is 2.74. The highest BCUT2D eigenvalue weighted by Crippen LogP contribution is 2.28. The van der Waals surface area contributed by atoms with E-state index >= 15 is 0 Å². The maximum absolute atomic E-state index is 6.10. The van der Waals surface area contributed by atoms with Gasteiger partial charge in [-0.1, -0.05) is 18.6 Å². The molecule has 2 N–H and O–H groups in total. The van der Waals surface area contributed by atoms with Crippen LogP contribution >= 0.6 is 0 Å². The van der Waals surface area contributed by atoms with Crippen LogP contribution in [0.25, 0.3) is 0 Å². The van der Waals surface area contributed by atoms with E-state index in [9.17, 15) is 0 Å². The van der Waals surface area contributed by atoms with Crippen LogP contribution < -0.4 is 10.6 Å². The molecule has 1 aromatic rings. The molecule has 0 spiro atoms. The Kier molecular flexibility index (Phi) is 4.06. The molecule has 94 valence electrons. The van der Waals surface area contributed by atoms with Gasteiger partial charge in [-0.25, -0.2) is 0 Å². The zero-order valence-electron chi connectivity index (χ0n) is 11.0. The summed E-state index contributed by atoms with van der Waals surface area (Å²) in [5, 5.41) is 0. The van der Waals surface area contributed by atoms with Crippen LogP contribution in [0.4, 0.5) is 5.69 Å². The Balaban J connectivity index is 1.86.